The van der Waals surface area contributed by atoms with Crippen molar-refractivity contribution in [2.24, 2.45) is 0 Å². The van der Waals surface area contributed by atoms with Crippen molar-refractivity contribution >= 4 is 21.8 Å². The Morgan fingerprint density at radius 2 is 2.22 bits per heavy atom. The fraction of sp³-hybridized carbons (Fsp3) is 0.800. The Morgan fingerprint density at radius 1 is 1.50 bits per heavy atom. The molecule has 6 nitrogen and oxygen atoms in total. The minimum atomic E-state index is -3.41. The van der Waals surface area contributed by atoms with E-state index in [0.717, 1.165) is 31.2 Å². The number of hydrogen-bond donors (Lipinski definition) is 0. The number of nitrogens with zero attached hydrogens (tertiary/aromatic N) is 2. The molecule has 0 radical (unpaired) electrons. The van der Waals surface area contributed by atoms with E-state index in [1.54, 1.807) is 0 Å². The maximum Gasteiger partial charge on any atom is 0.265 e. The van der Waals surface area contributed by atoms with Crippen LogP contribution in [-0.4, -0.2) is 35.7 Å². The first-order valence-electron chi connectivity index (χ1n) is 5.96. The predicted molar refractivity (Wildman–Crippen MR) is 72.2 cm³/mol. The average molecular weight is 294 g/mol. The molecule has 0 bridgehead atoms. The molecule has 0 saturated carbocycles. The van der Waals surface area contributed by atoms with Crippen LogP contribution in [0.15, 0.2) is 11.2 Å². The number of hydrogen-bond acceptors (Lipinski definition) is 5. The molecule has 1 heterocycles. The van der Waals surface area contributed by atoms with Crippen molar-refractivity contribution in [3.8, 4) is 0 Å². The highest BCUT2D eigenvalue weighted by atomic mass is 32.2. The first-order chi connectivity index (χ1) is 8.47. The lowest BCUT2D eigenvalue weighted by atomic mass is 10.3. The lowest BCUT2D eigenvalue weighted by Gasteiger charge is -2.28. The van der Waals surface area contributed by atoms with E-state index < -0.39 is 14.9 Å². The highest BCUT2D eigenvalue weighted by molar-refractivity contribution is 8.04. The van der Waals surface area contributed by atoms with E-state index in [9.17, 15) is 18.5 Å². The van der Waals surface area contributed by atoms with E-state index in [2.05, 4.69) is 0 Å². The number of rotatable bonds is 6. The van der Waals surface area contributed by atoms with E-state index in [4.69, 9.17) is 0 Å². The SMILES string of the molecule is CCCCCS(=O)(=O)N1CCCSC1=C[N+](=O)[O-]. The second-order valence-corrected chi connectivity index (χ2v) is 7.18. The zero-order chi connectivity index (χ0) is 13.6. The molecular formula is C10H18N2O4S2. The van der Waals surface area contributed by atoms with E-state index in [0.29, 0.717) is 13.0 Å². The molecular weight excluding hydrogens is 276 g/mol. The molecule has 0 amide bonds. The van der Waals surface area contributed by atoms with Crippen molar-refractivity contribution < 1.29 is 13.3 Å². The van der Waals surface area contributed by atoms with Crippen LogP contribution in [0.2, 0.25) is 0 Å². The fourth-order valence-corrected chi connectivity index (χ4v) is 4.57. The molecule has 1 aliphatic heterocycles. The third-order valence-corrected chi connectivity index (χ3v) is 5.64. The molecule has 0 unspecified atom stereocenters. The first kappa shape index (κ1) is 15.3. The molecule has 0 spiro atoms. The standard InChI is InChI=1S/C10H18N2O4S2/c1-2-3-4-8-18(15,16)11-6-5-7-17-10(11)9-12(13)14/h9H,2-8H2,1H3. The van der Waals surface area contributed by atoms with E-state index >= 15 is 0 Å². The van der Waals surface area contributed by atoms with Gasteiger partial charge in [-0.15, -0.1) is 11.8 Å². The Bertz CT molecular complexity index is 420. The van der Waals surface area contributed by atoms with Crippen molar-refractivity contribution in [3.63, 3.8) is 0 Å². The zero-order valence-electron chi connectivity index (χ0n) is 10.4. The molecule has 1 saturated heterocycles. The van der Waals surface area contributed by atoms with Gasteiger partial charge in [0.25, 0.3) is 6.20 Å². The highest BCUT2D eigenvalue weighted by Gasteiger charge is 2.28. The van der Waals surface area contributed by atoms with E-state index in [-0.39, 0.29) is 10.8 Å². The van der Waals surface area contributed by atoms with Gasteiger partial charge < -0.3 is 0 Å². The summed E-state index contributed by atoms with van der Waals surface area (Å²) < 4.78 is 25.4. The maximum absolute atomic E-state index is 12.1. The zero-order valence-corrected chi connectivity index (χ0v) is 12.0. The quantitative estimate of drug-likeness (QED) is 0.425. The molecule has 0 aromatic heterocycles. The molecule has 1 aliphatic rings. The van der Waals surface area contributed by atoms with Gasteiger partial charge in [0, 0.05) is 12.3 Å². The van der Waals surface area contributed by atoms with Crippen molar-refractivity contribution in [2.45, 2.75) is 32.6 Å². The molecule has 0 aliphatic carbocycles. The molecule has 1 rings (SSSR count). The lowest BCUT2D eigenvalue weighted by molar-refractivity contribution is -0.403. The number of thioether (sulfide) groups is 1. The summed E-state index contributed by atoms with van der Waals surface area (Å²) >= 11 is 1.23. The molecule has 0 N–H and O–H groups in total. The van der Waals surface area contributed by atoms with Gasteiger partial charge in [-0.3, -0.25) is 14.4 Å². The van der Waals surface area contributed by atoms with E-state index in [1.165, 1.54) is 16.1 Å². The summed E-state index contributed by atoms with van der Waals surface area (Å²) in [5.41, 5.74) is 0. The normalized spacial score (nSPS) is 19.2. The molecule has 18 heavy (non-hydrogen) atoms. The van der Waals surface area contributed by atoms with Crippen LogP contribution in [0.4, 0.5) is 0 Å². The summed E-state index contributed by atoms with van der Waals surface area (Å²) in [6.07, 6.45) is 3.93. The van der Waals surface area contributed by atoms with Gasteiger partial charge in [0.15, 0.2) is 5.03 Å². The minimum Gasteiger partial charge on any atom is -0.259 e. The Hall–Kier alpha value is -0.760. The Balaban J connectivity index is 2.79. The largest absolute Gasteiger partial charge is 0.265 e. The summed E-state index contributed by atoms with van der Waals surface area (Å²) in [5, 5.41) is 10.7. The summed E-state index contributed by atoms with van der Waals surface area (Å²) in [4.78, 5) is 9.90. The van der Waals surface area contributed by atoms with Gasteiger partial charge >= 0.3 is 0 Å². The second kappa shape index (κ2) is 6.98. The minimum absolute atomic E-state index is 0.0659. The topological polar surface area (TPSA) is 80.5 Å². The van der Waals surface area contributed by atoms with E-state index in [1.807, 2.05) is 6.92 Å². The van der Waals surface area contributed by atoms with Crippen LogP contribution in [0.1, 0.15) is 32.6 Å². The summed E-state index contributed by atoms with van der Waals surface area (Å²) in [6.45, 7) is 2.35. The van der Waals surface area contributed by atoms with Gasteiger partial charge in [-0.2, -0.15) is 0 Å². The third kappa shape index (κ3) is 4.49. The molecule has 1 fully saturated rings. The van der Waals surface area contributed by atoms with Crippen LogP contribution < -0.4 is 0 Å². The first-order valence-corrected chi connectivity index (χ1v) is 8.55. The number of sulfonamides is 1. The maximum atomic E-state index is 12.1. The van der Waals surface area contributed by atoms with Crippen molar-refractivity contribution in [3.05, 3.63) is 21.3 Å². The van der Waals surface area contributed by atoms with Gasteiger partial charge in [0.2, 0.25) is 10.0 Å². The number of nitro groups is 1. The molecule has 8 heteroatoms. The van der Waals surface area contributed by atoms with Crippen molar-refractivity contribution in [1.82, 2.24) is 4.31 Å². The third-order valence-electron chi connectivity index (χ3n) is 2.56. The molecule has 0 atom stereocenters. The van der Waals surface area contributed by atoms with Crippen LogP contribution in [0, 0.1) is 10.1 Å². The van der Waals surface area contributed by atoms with Crippen LogP contribution in [0.25, 0.3) is 0 Å². The smallest absolute Gasteiger partial charge is 0.259 e. The lowest BCUT2D eigenvalue weighted by Crippen LogP contribution is -2.35. The Morgan fingerprint density at radius 3 is 2.83 bits per heavy atom. The average Bonchev–Trinajstić information content (AvgIpc) is 2.29. The van der Waals surface area contributed by atoms with Crippen LogP contribution in [0.5, 0.6) is 0 Å². The Kier molecular flexibility index (Phi) is 5.94. The van der Waals surface area contributed by atoms with Gasteiger partial charge in [-0.1, -0.05) is 19.8 Å². The van der Waals surface area contributed by atoms with Crippen molar-refractivity contribution in [2.75, 3.05) is 18.1 Å². The number of unbranched alkanes of at least 4 members (excludes halogenated alkanes) is 2. The highest BCUT2D eigenvalue weighted by Crippen LogP contribution is 2.29. The van der Waals surface area contributed by atoms with Gasteiger partial charge in [0.1, 0.15) is 0 Å². The van der Waals surface area contributed by atoms with Crippen molar-refractivity contribution in [1.29, 1.82) is 0 Å². The fourth-order valence-electron chi connectivity index (χ4n) is 1.68. The Labute approximate surface area is 112 Å². The van der Waals surface area contributed by atoms with Crippen LogP contribution in [0.3, 0.4) is 0 Å². The molecule has 104 valence electrons. The molecule has 0 aromatic carbocycles. The van der Waals surface area contributed by atoms with Crippen LogP contribution in [-0.2, 0) is 10.0 Å². The summed E-state index contributed by atoms with van der Waals surface area (Å²) in [5.74, 6) is 0.789. The monoisotopic (exact) mass is 294 g/mol. The summed E-state index contributed by atoms with van der Waals surface area (Å²) in [7, 11) is -3.41. The second-order valence-electron chi connectivity index (χ2n) is 4.05. The van der Waals surface area contributed by atoms with Gasteiger partial charge in [0.05, 0.1) is 10.7 Å². The predicted octanol–water partition coefficient (Wildman–Crippen LogP) is 2.02. The summed E-state index contributed by atoms with van der Waals surface area (Å²) in [6, 6.07) is 0. The molecule has 0 aromatic rings. The van der Waals surface area contributed by atoms with Crippen LogP contribution >= 0.6 is 11.8 Å². The van der Waals surface area contributed by atoms with Gasteiger partial charge in [-0.05, 0) is 12.8 Å². The van der Waals surface area contributed by atoms with Gasteiger partial charge in [-0.25, -0.2) is 8.42 Å².